The van der Waals surface area contributed by atoms with E-state index >= 15 is 0 Å². The molecule has 0 fully saturated rings. The molecule has 0 unspecified atom stereocenters. The maximum atomic E-state index is 12.0. The number of carbonyl (C=O) groups is 3. The van der Waals surface area contributed by atoms with Gasteiger partial charge in [0.05, 0.1) is 6.04 Å². The highest BCUT2D eigenvalue weighted by Crippen LogP contribution is 2.16. The molecule has 0 radical (unpaired) electrons. The van der Waals surface area contributed by atoms with Crippen LogP contribution in [0.3, 0.4) is 0 Å². The largest absolute Gasteiger partial charge is 0.452 e. The van der Waals surface area contributed by atoms with Crippen LogP contribution in [-0.4, -0.2) is 30.3 Å². The second-order valence-corrected chi connectivity index (χ2v) is 6.29. The van der Waals surface area contributed by atoms with Crippen LogP contribution < -0.4 is 5.32 Å². The first kappa shape index (κ1) is 20.4. The molecule has 0 bridgehead atoms. The van der Waals surface area contributed by atoms with Gasteiger partial charge in [-0.3, -0.25) is 9.59 Å². The van der Waals surface area contributed by atoms with Crippen molar-refractivity contribution in [2.75, 3.05) is 6.61 Å². The van der Waals surface area contributed by atoms with Gasteiger partial charge in [-0.05, 0) is 36.6 Å². The van der Waals surface area contributed by atoms with E-state index in [1.165, 1.54) is 19.1 Å². The molecule has 0 saturated carbocycles. The highest BCUT2D eigenvalue weighted by atomic mass is 35.5. The number of hydrogen-bond acceptors (Lipinski definition) is 4. The Labute approximate surface area is 163 Å². The normalized spacial score (nSPS) is 11.8. The number of hydrogen-bond donors (Lipinski definition) is 1. The number of Topliss-reactive ketones (excluding diaryl/α,β-unsaturated/α-hetero) is 1. The Kier molecular flexibility index (Phi) is 7.77. The van der Waals surface area contributed by atoms with Crippen LogP contribution in [0.5, 0.6) is 0 Å². The van der Waals surface area contributed by atoms with Gasteiger partial charge in [0.2, 0.25) is 0 Å². The van der Waals surface area contributed by atoms with E-state index in [-0.39, 0.29) is 5.78 Å². The van der Waals surface area contributed by atoms with Crippen molar-refractivity contribution in [2.45, 2.75) is 19.4 Å². The zero-order valence-electron chi connectivity index (χ0n) is 14.9. The van der Waals surface area contributed by atoms with E-state index in [1.54, 1.807) is 24.3 Å². The molecule has 0 aliphatic rings. The molecule has 0 spiro atoms. The minimum absolute atomic E-state index is 0.169. The SMILES string of the molecule is CC(=O)[C@@H](Cc1ccccc1)NC(=O)COC(=O)/C=C/c1ccccc1Cl. The second-order valence-electron chi connectivity index (χ2n) is 5.88. The monoisotopic (exact) mass is 385 g/mol. The molecule has 0 aliphatic heterocycles. The van der Waals surface area contributed by atoms with Crippen molar-refractivity contribution in [1.82, 2.24) is 5.32 Å². The van der Waals surface area contributed by atoms with E-state index in [0.717, 1.165) is 5.56 Å². The van der Waals surface area contributed by atoms with Crippen LogP contribution in [0.4, 0.5) is 0 Å². The van der Waals surface area contributed by atoms with Gasteiger partial charge in [0.25, 0.3) is 5.91 Å². The molecule has 5 nitrogen and oxygen atoms in total. The summed E-state index contributed by atoms with van der Waals surface area (Å²) in [5, 5.41) is 3.10. The lowest BCUT2D eigenvalue weighted by atomic mass is 10.0. The Bertz CT molecular complexity index is 833. The molecule has 140 valence electrons. The lowest BCUT2D eigenvalue weighted by molar-refractivity contribution is -0.144. The molecule has 0 heterocycles. The smallest absolute Gasteiger partial charge is 0.331 e. The topological polar surface area (TPSA) is 72.5 Å². The number of ketones is 1. The third-order valence-electron chi connectivity index (χ3n) is 3.76. The first-order chi connectivity index (χ1) is 13.0. The standard InChI is InChI=1S/C21H20ClNO4/c1-15(24)19(13-16-7-3-2-4-8-16)23-20(25)14-27-21(26)12-11-17-9-5-6-10-18(17)22/h2-12,19H,13-14H2,1H3,(H,23,25)/b12-11+/t19-/m1/s1. The molecular weight excluding hydrogens is 366 g/mol. The number of halogens is 1. The molecule has 27 heavy (non-hydrogen) atoms. The average Bonchev–Trinajstić information content (AvgIpc) is 2.66. The van der Waals surface area contributed by atoms with Gasteiger partial charge in [-0.1, -0.05) is 60.1 Å². The molecule has 2 rings (SSSR count). The van der Waals surface area contributed by atoms with Crippen molar-refractivity contribution in [3.63, 3.8) is 0 Å². The fraction of sp³-hybridized carbons (Fsp3) is 0.190. The number of nitrogens with one attached hydrogen (secondary N) is 1. The summed E-state index contributed by atoms with van der Waals surface area (Å²) in [7, 11) is 0. The number of esters is 1. The zero-order valence-corrected chi connectivity index (χ0v) is 15.6. The van der Waals surface area contributed by atoms with Gasteiger partial charge in [-0.15, -0.1) is 0 Å². The molecule has 1 N–H and O–H groups in total. The number of rotatable bonds is 8. The van der Waals surface area contributed by atoms with Crippen molar-refractivity contribution in [3.05, 3.63) is 76.8 Å². The molecule has 1 amide bonds. The Morgan fingerprint density at radius 3 is 2.41 bits per heavy atom. The van der Waals surface area contributed by atoms with Crippen LogP contribution in [0, 0.1) is 0 Å². The lowest BCUT2D eigenvalue weighted by Crippen LogP contribution is -2.43. The van der Waals surface area contributed by atoms with Crippen molar-refractivity contribution in [3.8, 4) is 0 Å². The Morgan fingerprint density at radius 2 is 1.74 bits per heavy atom. The van der Waals surface area contributed by atoms with E-state index in [2.05, 4.69) is 5.32 Å². The molecule has 2 aromatic rings. The highest BCUT2D eigenvalue weighted by molar-refractivity contribution is 6.32. The van der Waals surface area contributed by atoms with Gasteiger partial charge in [0.1, 0.15) is 0 Å². The first-order valence-electron chi connectivity index (χ1n) is 8.39. The summed E-state index contributed by atoms with van der Waals surface area (Å²) >= 11 is 5.99. The van der Waals surface area contributed by atoms with Crippen LogP contribution in [0.1, 0.15) is 18.1 Å². The second kappa shape index (κ2) is 10.3. The molecule has 0 aromatic heterocycles. The summed E-state index contributed by atoms with van der Waals surface area (Å²) in [4.78, 5) is 35.5. The van der Waals surface area contributed by atoms with Gasteiger partial charge >= 0.3 is 5.97 Å². The Hall–Kier alpha value is -2.92. The highest BCUT2D eigenvalue weighted by Gasteiger charge is 2.18. The maximum absolute atomic E-state index is 12.0. The van der Waals surface area contributed by atoms with Crippen molar-refractivity contribution in [1.29, 1.82) is 0 Å². The van der Waals surface area contributed by atoms with Gasteiger partial charge in [0.15, 0.2) is 12.4 Å². The third kappa shape index (κ3) is 7.07. The fourth-order valence-corrected chi connectivity index (χ4v) is 2.53. The molecule has 0 aliphatic carbocycles. The average molecular weight is 386 g/mol. The molecule has 6 heteroatoms. The van der Waals surface area contributed by atoms with Crippen molar-refractivity contribution >= 4 is 35.3 Å². The first-order valence-corrected chi connectivity index (χ1v) is 8.76. The number of amides is 1. The van der Waals surface area contributed by atoms with Gasteiger partial charge in [-0.25, -0.2) is 4.79 Å². The van der Waals surface area contributed by atoms with Crippen LogP contribution in [0.2, 0.25) is 5.02 Å². The van der Waals surface area contributed by atoms with Crippen molar-refractivity contribution in [2.24, 2.45) is 0 Å². The van der Waals surface area contributed by atoms with E-state index in [9.17, 15) is 14.4 Å². The summed E-state index contributed by atoms with van der Waals surface area (Å²) in [5.74, 6) is -1.38. The molecule has 2 aromatic carbocycles. The maximum Gasteiger partial charge on any atom is 0.331 e. The van der Waals surface area contributed by atoms with Gasteiger partial charge in [-0.2, -0.15) is 0 Å². The Morgan fingerprint density at radius 1 is 1.07 bits per heavy atom. The minimum Gasteiger partial charge on any atom is -0.452 e. The predicted octanol–water partition coefficient (Wildman–Crippen LogP) is 3.21. The van der Waals surface area contributed by atoms with E-state index in [0.29, 0.717) is 17.0 Å². The van der Waals surface area contributed by atoms with Crippen molar-refractivity contribution < 1.29 is 19.1 Å². The van der Waals surface area contributed by atoms with E-state index < -0.39 is 24.5 Å². The predicted molar refractivity (Wildman–Crippen MR) is 104 cm³/mol. The third-order valence-corrected chi connectivity index (χ3v) is 4.10. The van der Waals surface area contributed by atoms with Crippen LogP contribution in [0.25, 0.3) is 6.08 Å². The van der Waals surface area contributed by atoms with E-state index in [4.69, 9.17) is 16.3 Å². The summed E-state index contributed by atoms with van der Waals surface area (Å²) in [6.07, 6.45) is 3.08. The molecular formula is C21H20ClNO4. The quantitative estimate of drug-likeness (QED) is 0.559. The summed E-state index contributed by atoms with van der Waals surface area (Å²) in [5.41, 5.74) is 1.60. The molecule has 0 saturated heterocycles. The Balaban J connectivity index is 1.84. The van der Waals surface area contributed by atoms with E-state index in [1.807, 2.05) is 30.3 Å². The van der Waals surface area contributed by atoms with Crippen LogP contribution in [-0.2, 0) is 25.5 Å². The van der Waals surface area contributed by atoms with Crippen LogP contribution >= 0.6 is 11.6 Å². The zero-order chi connectivity index (χ0) is 19.6. The number of ether oxygens (including phenoxy) is 1. The fourth-order valence-electron chi connectivity index (χ4n) is 2.34. The summed E-state index contributed by atoms with van der Waals surface area (Å²) in [6.45, 7) is 0.941. The van der Waals surface area contributed by atoms with Gasteiger partial charge in [0, 0.05) is 11.1 Å². The molecule has 1 atom stereocenters. The lowest BCUT2D eigenvalue weighted by Gasteiger charge is -2.16. The summed E-state index contributed by atoms with van der Waals surface area (Å²) in [6, 6.07) is 15.7. The minimum atomic E-state index is -0.674. The number of carbonyl (C=O) groups excluding carboxylic acids is 3. The van der Waals surface area contributed by atoms with Crippen LogP contribution in [0.15, 0.2) is 60.7 Å². The van der Waals surface area contributed by atoms with Gasteiger partial charge < -0.3 is 10.1 Å². The number of benzene rings is 2. The summed E-state index contributed by atoms with van der Waals surface area (Å²) < 4.78 is 4.90.